The monoisotopic (exact) mass is 352 g/mol. The third-order valence-electron chi connectivity index (χ3n) is 5.42. The molecule has 0 saturated carbocycles. The van der Waals surface area contributed by atoms with E-state index < -0.39 is 0 Å². The Morgan fingerprint density at radius 3 is 2.79 bits per heavy atom. The highest BCUT2D eigenvalue weighted by molar-refractivity contribution is 6.33. The molecule has 132 valence electrons. The van der Waals surface area contributed by atoms with Crippen LogP contribution in [-0.4, -0.2) is 68.8 Å². The molecule has 2 aliphatic rings. The smallest absolute Gasteiger partial charge is 0.255 e. The zero-order chi connectivity index (χ0) is 17.3. The van der Waals surface area contributed by atoms with Crippen molar-refractivity contribution in [1.29, 1.82) is 0 Å². The van der Waals surface area contributed by atoms with E-state index in [2.05, 4.69) is 11.9 Å². The Hall–Kier alpha value is -1.30. The van der Waals surface area contributed by atoms with Crippen LogP contribution in [0.4, 0.5) is 0 Å². The summed E-state index contributed by atoms with van der Waals surface area (Å²) in [5, 5.41) is 0.469. The molecule has 2 saturated heterocycles. The lowest BCUT2D eigenvalue weighted by Gasteiger charge is -2.58. The Morgan fingerprint density at radius 2 is 2.12 bits per heavy atom. The van der Waals surface area contributed by atoms with Crippen LogP contribution >= 0.6 is 11.6 Å². The van der Waals surface area contributed by atoms with Crippen molar-refractivity contribution in [3.63, 3.8) is 0 Å². The molecule has 2 aliphatic heterocycles. The summed E-state index contributed by atoms with van der Waals surface area (Å²) in [6.07, 6.45) is 2.23. The second-order valence-corrected chi connectivity index (χ2v) is 7.37. The largest absolute Gasteiger partial charge is 0.497 e. The lowest BCUT2D eigenvalue weighted by molar-refractivity contribution is -0.0731. The molecule has 0 unspecified atom stereocenters. The van der Waals surface area contributed by atoms with Gasteiger partial charge in [0.1, 0.15) is 5.75 Å². The van der Waals surface area contributed by atoms with Crippen LogP contribution in [0.5, 0.6) is 5.75 Å². The molecule has 5 nitrogen and oxygen atoms in total. The van der Waals surface area contributed by atoms with Gasteiger partial charge in [-0.1, -0.05) is 11.6 Å². The molecule has 3 rings (SSSR count). The van der Waals surface area contributed by atoms with Gasteiger partial charge in [-0.25, -0.2) is 0 Å². The normalized spacial score (nSPS) is 23.2. The van der Waals surface area contributed by atoms with Crippen molar-refractivity contribution >= 4 is 17.5 Å². The van der Waals surface area contributed by atoms with Gasteiger partial charge in [0.15, 0.2) is 0 Å². The number of halogens is 1. The van der Waals surface area contributed by atoms with Gasteiger partial charge in [-0.05, 0) is 50.6 Å². The quantitative estimate of drug-likeness (QED) is 0.835. The standard InChI is InChI=1S/C18H25ClN2O3/c1-20-7-6-13(10-23-2)9-18(20)11-21(12-18)17(22)15-8-14(24-3)4-5-16(15)19/h4-5,8,13H,6-7,9-12H2,1-3H3/t13-/m0/s1. The zero-order valence-electron chi connectivity index (χ0n) is 14.5. The van der Waals surface area contributed by atoms with Crippen LogP contribution in [0.3, 0.4) is 0 Å². The highest BCUT2D eigenvalue weighted by atomic mass is 35.5. The summed E-state index contributed by atoms with van der Waals surface area (Å²) in [5.41, 5.74) is 0.598. The minimum atomic E-state index is -0.0215. The van der Waals surface area contributed by atoms with E-state index in [0.717, 1.165) is 39.1 Å². The molecule has 1 atom stereocenters. The number of hydrogen-bond donors (Lipinski definition) is 0. The van der Waals surface area contributed by atoms with Crippen LogP contribution in [0.25, 0.3) is 0 Å². The molecule has 2 fully saturated rings. The molecule has 1 aromatic carbocycles. The molecule has 0 bridgehead atoms. The maximum Gasteiger partial charge on any atom is 0.255 e. The second kappa shape index (κ2) is 6.90. The summed E-state index contributed by atoms with van der Waals surface area (Å²) in [7, 11) is 5.50. The summed E-state index contributed by atoms with van der Waals surface area (Å²) < 4.78 is 10.5. The average molecular weight is 353 g/mol. The lowest BCUT2D eigenvalue weighted by atomic mass is 9.75. The maximum atomic E-state index is 12.8. The third-order valence-corrected chi connectivity index (χ3v) is 5.74. The lowest BCUT2D eigenvalue weighted by Crippen LogP contribution is -2.72. The SMILES string of the molecule is COC[C@H]1CCN(C)C2(C1)CN(C(=O)c1cc(OC)ccc1Cl)C2. The fourth-order valence-corrected chi connectivity index (χ4v) is 4.13. The summed E-state index contributed by atoms with van der Waals surface area (Å²) in [6, 6.07) is 5.19. The van der Waals surface area contributed by atoms with Crippen molar-refractivity contribution < 1.29 is 14.3 Å². The summed E-state index contributed by atoms with van der Waals surface area (Å²) >= 11 is 6.21. The molecule has 0 radical (unpaired) electrons. The van der Waals surface area contributed by atoms with E-state index >= 15 is 0 Å². The van der Waals surface area contributed by atoms with E-state index in [-0.39, 0.29) is 11.4 Å². The Kier molecular flexibility index (Phi) is 5.04. The van der Waals surface area contributed by atoms with Crippen molar-refractivity contribution in [2.24, 2.45) is 5.92 Å². The van der Waals surface area contributed by atoms with Crippen LogP contribution in [0, 0.1) is 5.92 Å². The highest BCUT2D eigenvalue weighted by Crippen LogP contribution is 2.39. The van der Waals surface area contributed by atoms with Crippen molar-refractivity contribution in [1.82, 2.24) is 9.80 Å². The number of hydrogen-bond acceptors (Lipinski definition) is 4. The number of nitrogens with zero attached hydrogens (tertiary/aromatic N) is 2. The first-order valence-corrected chi connectivity index (χ1v) is 8.70. The Balaban J connectivity index is 1.70. The number of ether oxygens (including phenoxy) is 2. The number of methoxy groups -OCH3 is 2. The van der Waals surface area contributed by atoms with Crippen LogP contribution < -0.4 is 4.74 Å². The second-order valence-electron chi connectivity index (χ2n) is 6.97. The molecule has 24 heavy (non-hydrogen) atoms. The van der Waals surface area contributed by atoms with Crippen LogP contribution in [0.15, 0.2) is 18.2 Å². The zero-order valence-corrected chi connectivity index (χ0v) is 15.3. The van der Waals surface area contributed by atoms with Gasteiger partial charge in [-0.2, -0.15) is 0 Å². The topological polar surface area (TPSA) is 42.0 Å². The molecule has 0 N–H and O–H groups in total. The molecular weight excluding hydrogens is 328 g/mol. The molecule has 0 aromatic heterocycles. The van der Waals surface area contributed by atoms with Crippen molar-refractivity contribution in [3.05, 3.63) is 28.8 Å². The van der Waals surface area contributed by atoms with E-state index in [9.17, 15) is 4.79 Å². The number of likely N-dealkylation sites (tertiary alicyclic amines) is 2. The number of rotatable bonds is 4. The van der Waals surface area contributed by atoms with Crippen LogP contribution in [0.1, 0.15) is 23.2 Å². The minimum Gasteiger partial charge on any atom is -0.497 e. The minimum absolute atomic E-state index is 0.0215. The summed E-state index contributed by atoms with van der Waals surface area (Å²) in [4.78, 5) is 17.1. The number of benzene rings is 1. The molecule has 1 aromatic rings. The highest BCUT2D eigenvalue weighted by Gasteiger charge is 2.51. The van der Waals surface area contributed by atoms with Gasteiger partial charge in [0, 0.05) is 26.8 Å². The molecule has 1 amide bonds. The number of carbonyl (C=O) groups is 1. The fraction of sp³-hybridized carbons (Fsp3) is 0.611. The predicted octanol–water partition coefficient (Wildman–Crippen LogP) is 2.53. The van der Waals surface area contributed by atoms with E-state index in [0.29, 0.717) is 22.3 Å². The first kappa shape index (κ1) is 17.5. The molecule has 1 spiro atoms. The Labute approximate surface area is 148 Å². The van der Waals surface area contributed by atoms with Gasteiger partial charge in [-0.3, -0.25) is 9.69 Å². The van der Waals surface area contributed by atoms with Gasteiger partial charge >= 0.3 is 0 Å². The first-order chi connectivity index (χ1) is 11.5. The van der Waals surface area contributed by atoms with Crippen molar-refractivity contribution in [3.8, 4) is 5.75 Å². The van der Waals surface area contributed by atoms with Gasteiger partial charge in [0.25, 0.3) is 5.91 Å². The maximum absolute atomic E-state index is 12.8. The molecular formula is C18H25ClN2O3. The van der Waals surface area contributed by atoms with E-state index in [1.54, 1.807) is 32.4 Å². The Morgan fingerprint density at radius 1 is 1.38 bits per heavy atom. The van der Waals surface area contributed by atoms with Crippen molar-refractivity contribution in [2.75, 3.05) is 47.5 Å². The van der Waals surface area contributed by atoms with Gasteiger partial charge in [0.2, 0.25) is 0 Å². The third kappa shape index (κ3) is 3.13. The average Bonchev–Trinajstić information content (AvgIpc) is 2.54. The predicted molar refractivity (Wildman–Crippen MR) is 93.9 cm³/mol. The van der Waals surface area contributed by atoms with Crippen molar-refractivity contribution in [2.45, 2.75) is 18.4 Å². The number of likely N-dealkylation sites (N-methyl/N-ethyl adjacent to an activating group) is 1. The Bertz CT molecular complexity index is 616. The van der Waals surface area contributed by atoms with Gasteiger partial charge < -0.3 is 14.4 Å². The summed E-state index contributed by atoms with van der Waals surface area (Å²) in [6.45, 7) is 3.34. The first-order valence-electron chi connectivity index (χ1n) is 8.32. The molecule has 0 aliphatic carbocycles. The summed E-state index contributed by atoms with van der Waals surface area (Å²) in [5.74, 6) is 1.20. The molecule has 6 heteroatoms. The van der Waals surface area contributed by atoms with Crippen LogP contribution in [0.2, 0.25) is 5.02 Å². The number of piperidine rings is 1. The van der Waals surface area contributed by atoms with E-state index in [1.807, 2.05) is 4.90 Å². The van der Waals surface area contributed by atoms with E-state index in [4.69, 9.17) is 21.1 Å². The van der Waals surface area contributed by atoms with E-state index in [1.165, 1.54) is 0 Å². The van der Waals surface area contributed by atoms with Gasteiger partial charge in [0.05, 0.1) is 23.2 Å². The van der Waals surface area contributed by atoms with Gasteiger partial charge in [-0.15, -0.1) is 0 Å². The fourth-order valence-electron chi connectivity index (χ4n) is 3.93. The number of amides is 1. The van der Waals surface area contributed by atoms with Crippen LogP contribution in [-0.2, 0) is 4.74 Å². The number of carbonyl (C=O) groups excluding carboxylic acids is 1. The molecule has 2 heterocycles.